The molecule has 100 valence electrons. The van der Waals surface area contributed by atoms with Crippen molar-refractivity contribution >= 4 is 0 Å². The van der Waals surface area contributed by atoms with Crippen molar-refractivity contribution in [1.82, 2.24) is 9.80 Å². The first-order valence-electron chi connectivity index (χ1n) is 6.89. The fourth-order valence-corrected chi connectivity index (χ4v) is 2.84. The Balaban J connectivity index is 1.71. The zero-order valence-electron chi connectivity index (χ0n) is 11.3. The number of piperazine rings is 1. The quantitative estimate of drug-likeness (QED) is 0.772. The van der Waals surface area contributed by atoms with Gasteiger partial charge in [-0.25, -0.2) is 0 Å². The molecule has 0 aliphatic carbocycles. The summed E-state index contributed by atoms with van der Waals surface area (Å²) in [5.74, 6) is 0.769. The van der Waals surface area contributed by atoms with Crippen molar-refractivity contribution in [2.24, 2.45) is 11.7 Å². The number of hydrogen-bond acceptors (Lipinski definition) is 4. The van der Waals surface area contributed by atoms with E-state index in [1.807, 2.05) is 0 Å². The predicted octanol–water partition coefficient (Wildman–Crippen LogP) is 0.378. The average Bonchev–Trinajstić information content (AvgIpc) is 2.67. The van der Waals surface area contributed by atoms with Gasteiger partial charge in [-0.1, -0.05) is 13.8 Å². The summed E-state index contributed by atoms with van der Waals surface area (Å²) in [4.78, 5) is 5.07. The van der Waals surface area contributed by atoms with Gasteiger partial charge in [0.05, 0.1) is 12.1 Å². The Bertz CT molecular complexity index is 231. The molecule has 2 saturated heterocycles. The Kier molecular flexibility index (Phi) is 4.42. The molecule has 0 saturated carbocycles. The van der Waals surface area contributed by atoms with E-state index >= 15 is 0 Å². The maximum Gasteiger partial charge on any atom is 0.0659 e. The molecule has 0 spiro atoms. The van der Waals surface area contributed by atoms with E-state index in [2.05, 4.69) is 23.6 Å². The lowest BCUT2D eigenvalue weighted by Crippen LogP contribution is -2.56. The first-order valence-corrected chi connectivity index (χ1v) is 6.89. The van der Waals surface area contributed by atoms with Gasteiger partial charge in [0, 0.05) is 45.9 Å². The standard InChI is InChI=1S/C13H27N3O/c1-12(2)9-15-4-6-16(7-5-15)10-13(14)3-8-17-11-13/h12H,3-11,14H2,1-2H3. The maximum absolute atomic E-state index is 6.33. The van der Waals surface area contributed by atoms with Crippen LogP contribution in [-0.4, -0.2) is 67.8 Å². The molecule has 2 aliphatic rings. The molecule has 0 bridgehead atoms. The van der Waals surface area contributed by atoms with Crippen LogP contribution in [-0.2, 0) is 4.74 Å². The van der Waals surface area contributed by atoms with E-state index in [-0.39, 0.29) is 5.54 Å². The molecule has 1 unspecified atom stereocenters. The highest BCUT2D eigenvalue weighted by atomic mass is 16.5. The van der Waals surface area contributed by atoms with Crippen molar-refractivity contribution in [2.75, 3.05) is 52.5 Å². The van der Waals surface area contributed by atoms with Crippen LogP contribution >= 0.6 is 0 Å². The molecule has 0 aromatic rings. The minimum atomic E-state index is -0.0831. The van der Waals surface area contributed by atoms with Crippen LogP contribution in [0.25, 0.3) is 0 Å². The number of hydrogen-bond donors (Lipinski definition) is 1. The summed E-state index contributed by atoms with van der Waals surface area (Å²) in [6.07, 6.45) is 1.01. The normalized spacial score (nSPS) is 32.5. The van der Waals surface area contributed by atoms with Crippen molar-refractivity contribution in [3.63, 3.8) is 0 Å². The lowest BCUT2D eigenvalue weighted by atomic mass is 9.99. The first kappa shape index (κ1) is 13.3. The second-order valence-electron chi connectivity index (χ2n) is 6.14. The summed E-state index contributed by atoms with van der Waals surface area (Å²) in [7, 11) is 0. The van der Waals surface area contributed by atoms with Crippen molar-refractivity contribution in [3.8, 4) is 0 Å². The molecule has 2 heterocycles. The molecule has 2 aliphatic heterocycles. The Morgan fingerprint density at radius 3 is 2.35 bits per heavy atom. The van der Waals surface area contributed by atoms with Crippen LogP contribution in [0.1, 0.15) is 20.3 Å². The highest BCUT2D eigenvalue weighted by Gasteiger charge is 2.33. The topological polar surface area (TPSA) is 41.7 Å². The number of nitrogens with zero attached hydrogens (tertiary/aromatic N) is 2. The fraction of sp³-hybridized carbons (Fsp3) is 1.00. The van der Waals surface area contributed by atoms with Gasteiger partial charge in [0.2, 0.25) is 0 Å². The summed E-state index contributed by atoms with van der Waals surface area (Å²) in [5, 5.41) is 0. The van der Waals surface area contributed by atoms with Crippen LogP contribution in [0.15, 0.2) is 0 Å². The van der Waals surface area contributed by atoms with Gasteiger partial charge in [0.1, 0.15) is 0 Å². The minimum absolute atomic E-state index is 0.0831. The molecule has 2 fully saturated rings. The highest BCUT2D eigenvalue weighted by Crippen LogP contribution is 2.18. The molecule has 1 atom stereocenters. The van der Waals surface area contributed by atoms with Gasteiger partial charge in [-0.05, 0) is 12.3 Å². The smallest absolute Gasteiger partial charge is 0.0659 e. The molecule has 17 heavy (non-hydrogen) atoms. The number of ether oxygens (including phenoxy) is 1. The van der Waals surface area contributed by atoms with E-state index in [0.29, 0.717) is 0 Å². The van der Waals surface area contributed by atoms with Crippen LogP contribution in [0.3, 0.4) is 0 Å². The third-order valence-corrected chi connectivity index (χ3v) is 3.76. The molecule has 2 rings (SSSR count). The second-order valence-corrected chi connectivity index (χ2v) is 6.14. The molecular weight excluding hydrogens is 214 g/mol. The summed E-state index contributed by atoms with van der Waals surface area (Å²) in [6, 6.07) is 0. The predicted molar refractivity (Wildman–Crippen MR) is 70.1 cm³/mol. The molecule has 2 N–H and O–H groups in total. The third-order valence-electron chi connectivity index (χ3n) is 3.76. The molecule has 0 amide bonds. The largest absolute Gasteiger partial charge is 0.379 e. The Hall–Kier alpha value is -0.160. The highest BCUT2D eigenvalue weighted by molar-refractivity contribution is 4.92. The van der Waals surface area contributed by atoms with Crippen molar-refractivity contribution in [3.05, 3.63) is 0 Å². The van der Waals surface area contributed by atoms with Gasteiger partial charge >= 0.3 is 0 Å². The van der Waals surface area contributed by atoms with Gasteiger partial charge in [-0.15, -0.1) is 0 Å². The van der Waals surface area contributed by atoms with E-state index in [0.717, 1.165) is 45.2 Å². The van der Waals surface area contributed by atoms with Gasteiger partial charge < -0.3 is 15.4 Å². The Morgan fingerprint density at radius 1 is 1.18 bits per heavy atom. The van der Waals surface area contributed by atoms with E-state index in [1.165, 1.54) is 19.6 Å². The second kappa shape index (κ2) is 5.65. The zero-order chi connectivity index (χ0) is 12.3. The van der Waals surface area contributed by atoms with Gasteiger partial charge in [0.15, 0.2) is 0 Å². The number of nitrogens with two attached hydrogens (primary N) is 1. The SMILES string of the molecule is CC(C)CN1CCN(CC2(N)CCOC2)CC1. The monoisotopic (exact) mass is 241 g/mol. The van der Waals surface area contributed by atoms with Gasteiger partial charge in [-0.3, -0.25) is 4.90 Å². The molecule has 0 aromatic carbocycles. The van der Waals surface area contributed by atoms with Crippen LogP contribution in [0.5, 0.6) is 0 Å². The summed E-state index contributed by atoms with van der Waals surface area (Å²) >= 11 is 0. The Labute approximate surface area is 105 Å². The molecule has 0 aromatic heterocycles. The molecular formula is C13H27N3O. The zero-order valence-corrected chi connectivity index (χ0v) is 11.3. The van der Waals surface area contributed by atoms with E-state index in [4.69, 9.17) is 10.5 Å². The molecule has 4 heteroatoms. The van der Waals surface area contributed by atoms with Gasteiger partial charge in [0.25, 0.3) is 0 Å². The summed E-state index contributed by atoms with van der Waals surface area (Å²) in [6.45, 7) is 13.1. The third kappa shape index (κ3) is 3.91. The van der Waals surface area contributed by atoms with E-state index < -0.39 is 0 Å². The average molecular weight is 241 g/mol. The lowest BCUT2D eigenvalue weighted by molar-refractivity contribution is 0.0952. The maximum atomic E-state index is 6.33. The van der Waals surface area contributed by atoms with Crippen LogP contribution in [0.4, 0.5) is 0 Å². The first-order chi connectivity index (χ1) is 8.07. The minimum Gasteiger partial charge on any atom is -0.379 e. The summed E-state index contributed by atoms with van der Waals surface area (Å²) < 4.78 is 5.41. The van der Waals surface area contributed by atoms with E-state index in [9.17, 15) is 0 Å². The number of rotatable bonds is 4. The Morgan fingerprint density at radius 2 is 1.82 bits per heavy atom. The molecule has 4 nitrogen and oxygen atoms in total. The van der Waals surface area contributed by atoms with Crippen molar-refractivity contribution in [2.45, 2.75) is 25.8 Å². The van der Waals surface area contributed by atoms with Gasteiger partial charge in [-0.2, -0.15) is 0 Å². The van der Waals surface area contributed by atoms with Crippen LogP contribution in [0, 0.1) is 5.92 Å². The van der Waals surface area contributed by atoms with Crippen LogP contribution in [0.2, 0.25) is 0 Å². The van der Waals surface area contributed by atoms with Crippen molar-refractivity contribution in [1.29, 1.82) is 0 Å². The van der Waals surface area contributed by atoms with E-state index in [1.54, 1.807) is 0 Å². The summed E-state index contributed by atoms with van der Waals surface area (Å²) in [5.41, 5.74) is 6.24. The molecule has 0 radical (unpaired) electrons. The lowest BCUT2D eigenvalue weighted by Gasteiger charge is -2.38. The fourth-order valence-electron chi connectivity index (χ4n) is 2.84. The van der Waals surface area contributed by atoms with Crippen LogP contribution < -0.4 is 5.73 Å². The van der Waals surface area contributed by atoms with Crippen molar-refractivity contribution < 1.29 is 4.74 Å².